The van der Waals surface area contributed by atoms with Crippen LogP contribution in [0.2, 0.25) is 0 Å². The lowest BCUT2D eigenvalue weighted by Crippen LogP contribution is -2.45. The smallest absolute Gasteiger partial charge is 0.331 e. The summed E-state index contributed by atoms with van der Waals surface area (Å²) in [6.07, 6.45) is 3.36. The molecule has 0 radical (unpaired) electrons. The van der Waals surface area contributed by atoms with E-state index in [9.17, 15) is 27.2 Å². The zero-order valence-electron chi connectivity index (χ0n) is 24.9. The highest BCUT2D eigenvalue weighted by Gasteiger charge is 2.69. The number of allylic oxidation sites excluding steroid dienone is 1. The number of aromatic nitrogens is 1. The minimum absolute atomic E-state index is 0.0718. The van der Waals surface area contributed by atoms with E-state index in [1.807, 2.05) is 12.3 Å². The quantitative estimate of drug-likeness (QED) is 0.355. The van der Waals surface area contributed by atoms with Crippen LogP contribution >= 0.6 is 0 Å². The molecule has 1 aromatic heterocycles. The summed E-state index contributed by atoms with van der Waals surface area (Å²) in [5.41, 5.74) is 1.86. The Kier molecular flexibility index (Phi) is 7.17. The number of hydrogen-bond donors (Lipinski definition) is 1. The Hall–Kier alpha value is -4.08. The van der Waals surface area contributed by atoms with Crippen molar-refractivity contribution >= 4 is 29.7 Å². The second kappa shape index (κ2) is 10.5. The molecule has 1 aromatic carbocycles. The van der Waals surface area contributed by atoms with Crippen molar-refractivity contribution in [2.45, 2.75) is 65.1 Å². The Bertz CT molecular complexity index is 1670. The molecule has 2 aliphatic carbocycles. The van der Waals surface area contributed by atoms with Crippen molar-refractivity contribution in [3.63, 3.8) is 0 Å². The van der Waals surface area contributed by atoms with E-state index < -0.39 is 34.8 Å². The minimum atomic E-state index is -4.68. The summed E-state index contributed by atoms with van der Waals surface area (Å²) < 4.78 is 56.6. The summed E-state index contributed by atoms with van der Waals surface area (Å²) >= 11 is 0. The number of nitrogens with one attached hydrogen (secondary N) is 1. The Morgan fingerprint density at radius 3 is 2.66 bits per heavy atom. The summed E-state index contributed by atoms with van der Waals surface area (Å²) in [6.45, 7) is 9.14. The fourth-order valence-electron chi connectivity index (χ4n) is 6.87. The van der Waals surface area contributed by atoms with Crippen LogP contribution in [0.25, 0.3) is 11.6 Å². The minimum Gasteiger partial charge on any atom is -0.331 e. The molecule has 1 saturated carbocycles. The lowest BCUT2D eigenvalue weighted by atomic mass is 9.72. The van der Waals surface area contributed by atoms with Crippen molar-refractivity contribution in [2.24, 2.45) is 21.7 Å². The van der Waals surface area contributed by atoms with Gasteiger partial charge in [-0.1, -0.05) is 31.2 Å². The van der Waals surface area contributed by atoms with Gasteiger partial charge in [0, 0.05) is 31.1 Å². The molecule has 1 fully saturated rings. The maximum Gasteiger partial charge on any atom is 0.403 e. The van der Waals surface area contributed by atoms with Gasteiger partial charge in [-0.15, -0.1) is 0 Å². The maximum absolute atomic E-state index is 14.5. The maximum atomic E-state index is 14.5. The fraction of sp³-hybridized carbons (Fsp3) is 0.412. The standard InChI is InChI=1S/C34H34F4N4O2/c1-19(2)23-13-24(15-26(35)14-23)21(4)42(31(44)33(8-9-33)34(36,37)38)11-5-6-22-12-25-16-32(17-27(25)40-18-22)28-20(3)7-10-39-29(28)41-30(32)43/h5-6,10,12-15,18,20-21H,1,7-9,11,16-17H2,2-4H3,(H,41,43)/b6-5+/t20?,21-,32?/m1/s1. The second-order valence-electron chi connectivity index (χ2n) is 12.6. The van der Waals surface area contributed by atoms with E-state index in [0.29, 0.717) is 40.9 Å². The van der Waals surface area contributed by atoms with Crippen LogP contribution in [0, 0.1) is 22.6 Å². The number of aliphatic imine (C=N–C) groups is 1. The third-order valence-electron chi connectivity index (χ3n) is 9.59. The molecule has 6 rings (SSSR count). The summed E-state index contributed by atoms with van der Waals surface area (Å²) in [4.78, 5) is 36.9. The lowest BCUT2D eigenvalue weighted by molar-refractivity contribution is -0.199. The average molecular weight is 607 g/mol. The lowest BCUT2D eigenvalue weighted by Gasteiger charge is -2.33. The van der Waals surface area contributed by atoms with E-state index in [0.717, 1.165) is 23.3 Å². The SMILES string of the molecule is C=C(C)c1cc(F)cc([C@@H](C)N(C/C=C/c2cnc3c(c2)CC2(C3)C(=O)NC3=C2C(C)CC=N3)C(=O)C2(C(F)(F)F)CC2)c1. The highest BCUT2D eigenvalue weighted by atomic mass is 19.4. The number of fused-ring (bicyclic) bond motifs is 2. The third kappa shape index (κ3) is 4.88. The highest BCUT2D eigenvalue weighted by molar-refractivity contribution is 5.94. The average Bonchev–Trinajstić information content (AvgIpc) is 3.64. The van der Waals surface area contributed by atoms with Gasteiger partial charge in [-0.25, -0.2) is 9.38 Å². The summed E-state index contributed by atoms with van der Waals surface area (Å²) in [6, 6.07) is 5.32. The van der Waals surface area contributed by atoms with Gasteiger partial charge in [0.05, 0.1) is 11.5 Å². The number of amides is 2. The first-order valence-electron chi connectivity index (χ1n) is 14.8. The Morgan fingerprint density at radius 1 is 1.23 bits per heavy atom. The molecule has 1 spiro atoms. The van der Waals surface area contributed by atoms with Crippen molar-refractivity contribution in [2.75, 3.05) is 6.54 Å². The Balaban J connectivity index is 1.26. The molecule has 2 aromatic rings. The van der Waals surface area contributed by atoms with E-state index in [1.165, 1.54) is 17.0 Å². The van der Waals surface area contributed by atoms with Crippen LogP contribution in [0.5, 0.6) is 0 Å². The molecular formula is C34H34F4N4O2. The van der Waals surface area contributed by atoms with E-state index >= 15 is 0 Å². The van der Waals surface area contributed by atoms with Gasteiger partial charge in [0.25, 0.3) is 0 Å². The molecule has 44 heavy (non-hydrogen) atoms. The largest absolute Gasteiger partial charge is 0.403 e. The molecule has 2 amide bonds. The topological polar surface area (TPSA) is 74.7 Å². The van der Waals surface area contributed by atoms with Gasteiger partial charge >= 0.3 is 6.18 Å². The number of halogens is 4. The number of benzene rings is 1. The van der Waals surface area contributed by atoms with Gasteiger partial charge < -0.3 is 10.2 Å². The van der Waals surface area contributed by atoms with Crippen LogP contribution in [0.1, 0.15) is 74.0 Å². The normalized spacial score (nSPS) is 24.0. The number of pyridine rings is 1. The fourth-order valence-corrected chi connectivity index (χ4v) is 6.87. The van der Waals surface area contributed by atoms with Crippen LogP contribution in [0.4, 0.5) is 17.6 Å². The van der Waals surface area contributed by atoms with Gasteiger partial charge in [0.2, 0.25) is 11.8 Å². The molecule has 0 bridgehead atoms. The number of nitrogens with zero attached hydrogens (tertiary/aromatic N) is 3. The number of rotatable bonds is 7. The van der Waals surface area contributed by atoms with Crippen LogP contribution < -0.4 is 5.32 Å². The van der Waals surface area contributed by atoms with Crippen molar-refractivity contribution in [1.29, 1.82) is 0 Å². The molecule has 230 valence electrons. The first kappa shape index (κ1) is 30.0. The van der Waals surface area contributed by atoms with Crippen LogP contribution in [-0.2, 0) is 22.4 Å². The van der Waals surface area contributed by atoms with Crippen molar-refractivity contribution < 1.29 is 27.2 Å². The summed E-state index contributed by atoms with van der Waals surface area (Å²) in [7, 11) is 0. The first-order valence-corrected chi connectivity index (χ1v) is 14.8. The molecule has 3 atom stereocenters. The molecule has 1 N–H and O–H groups in total. The molecule has 2 unspecified atom stereocenters. The predicted octanol–water partition coefficient (Wildman–Crippen LogP) is 6.74. The molecule has 4 aliphatic rings. The van der Waals surface area contributed by atoms with Gasteiger partial charge in [-0.05, 0) is 97.5 Å². The highest BCUT2D eigenvalue weighted by Crippen LogP contribution is 2.59. The Labute approximate surface area is 253 Å². The molecular weight excluding hydrogens is 572 g/mol. The third-order valence-corrected chi connectivity index (χ3v) is 9.59. The van der Waals surface area contributed by atoms with E-state index in [4.69, 9.17) is 0 Å². The summed E-state index contributed by atoms with van der Waals surface area (Å²) in [5.74, 6) is -0.823. The van der Waals surface area contributed by atoms with Crippen molar-refractivity contribution in [1.82, 2.24) is 15.2 Å². The number of carbonyl (C=O) groups excluding carboxylic acids is 2. The number of hydrogen-bond acceptors (Lipinski definition) is 4. The molecule has 3 heterocycles. The van der Waals surface area contributed by atoms with Gasteiger partial charge in [-0.2, -0.15) is 13.2 Å². The van der Waals surface area contributed by atoms with Gasteiger partial charge in [0.15, 0.2) is 0 Å². The number of carbonyl (C=O) groups is 2. The molecule has 2 aliphatic heterocycles. The first-order chi connectivity index (χ1) is 20.8. The molecule has 10 heteroatoms. The van der Waals surface area contributed by atoms with Crippen LogP contribution in [-0.4, -0.2) is 40.6 Å². The number of alkyl halides is 3. The molecule has 6 nitrogen and oxygen atoms in total. The summed E-state index contributed by atoms with van der Waals surface area (Å²) in [5, 5.41) is 2.95. The zero-order chi connectivity index (χ0) is 31.6. The van der Waals surface area contributed by atoms with E-state index in [-0.39, 0.29) is 31.2 Å². The Morgan fingerprint density at radius 2 is 1.98 bits per heavy atom. The van der Waals surface area contributed by atoms with Crippen LogP contribution in [0.15, 0.2) is 59.5 Å². The van der Waals surface area contributed by atoms with Gasteiger partial charge in [-0.3, -0.25) is 14.6 Å². The van der Waals surface area contributed by atoms with E-state index in [1.54, 1.807) is 38.3 Å². The van der Waals surface area contributed by atoms with Crippen LogP contribution in [0.3, 0.4) is 0 Å². The van der Waals surface area contributed by atoms with Gasteiger partial charge in [0.1, 0.15) is 17.1 Å². The predicted molar refractivity (Wildman–Crippen MR) is 160 cm³/mol. The second-order valence-corrected chi connectivity index (χ2v) is 12.6. The molecule has 0 saturated heterocycles. The zero-order valence-corrected chi connectivity index (χ0v) is 24.9. The van der Waals surface area contributed by atoms with Crippen molar-refractivity contribution in [3.8, 4) is 0 Å². The van der Waals surface area contributed by atoms with E-state index in [2.05, 4.69) is 28.8 Å². The monoisotopic (exact) mass is 606 g/mol. The van der Waals surface area contributed by atoms with Crippen molar-refractivity contribution in [3.05, 3.63) is 88.3 Å².